The molecule has 0 unspecified atom stereocenters. The lowest BCUT2D eigenvalue weighted by molar-refractivity contribution is 0.402. The van der Waals surface area contributed by atoms with Crippen LogP contribution >= 0.6 is 0 Å². The first kappa shape index (κ1) is 19.6. The molecule has 1 N–H and O–H groups in total. The van der Waals surface area contributed by atoms with Gasteiger partial charge < -0.3 is 4.74 Å². The molecular weight excluding hydrogens is 388 g/mol. The lowest BCUT2D eigenvalue weighted by atomic mass is 9.94. The number of rotatable bonds is 7. The fourth-order valence-electron chi connectivity index (χ4n) is 3.80. The van der Waals surface area contributed by atoms with E-state index < -0.39 is 10.0 Å². The molecule has 1 aromatic carbocycles. The summed E-state index contributed by atoms with van der Waals surface area (Å²) in [6, 6.07) is 10.5. The molecule has 2 heterocycles. The predicted molar refractivity (Wildman–Crippen MR) is 110 cm³/mol. The highest BCUT2D eigenvalue weighted by Gasteiger charge is 2.23. The normalized spacial score (nSPS) is 13.8. The van der Waals surface area contributed by atoms with Crippen LogP contribution in [-0.4, -0.2) is 36.8 Å². The minimum atomic E-state index is -3.66. The van der Waals surface area contributed by atoms with Crippen molar-refractivity contribution >= 4 is 10.0 Å². The number of aromatic nitrogens is 3. The number of ether oxygens (including phenoxy) is 1. The van der Waals surface area contributed by atoms with E-state index in [1.807, 2.05) is 16.8 Å². The van der Waals surface area contributed by atoms with Gasteiger partial charge in [0.25, 0.3) is 0 Å². The highest BCUT2D eigenvalue weighted by Crippen LogP contribution is 2.31. The zero-order valence-electron chi connectivity index (χ0n) is 16.3. The molecule has 1 aliphatic carbocycles. The lowest BCUT2D eigenvalue weighted by Crippen LogP contribution is -2.28. The summed E-state index contributed by atoms with van der Waals surface area (Å²) in [5.74, 6) is 0.330. The second-order valence-electron chi connectivity index (χ2n) is 6.99. The molecule has 0 amide bonds. The summed E-state index contributed by atoms with van der Waals surface area (Å²) in [6.45, 7) is 0.728. The number of benzene rings is 1. The third-order valence-corrected chi connectivity index (χ3v) is 6.69. The zero-order chi connectivity index (χ0) is 20.3. The summed E-state index contributed by atoms with van der Waals surface area (Å²) in [7, 11) is -2.20. The fraction of sp³-hybridized carbons (Fsp3) is 0.333. The predicted octanol–water partition coefficient (Wildman–Crippen LogP) is 2.81. The average molecular weight is 413 g/mol. The third-order valence-electron chi connectivity index (χ3n) is 5.18. The van der Waals surface area contributed by atoms with Gasteiger partial charge in [0.1, 0.15) is 10.6 Å². The van der Waals surface area contributed by atoms with Crippen molar-refractivity contribution < 1.29 is 13.2 Å². The maximum absolute atomic E-state index is 12.7. The number of para-hydroxylation sites is 1. The van der Waals surface area contributed by atoms with Crippen LogP contribution in [-0.2, 0) is 29.4 Å². The van der Waals surface area contributed by atoms with Gasteiger partial charge in [-0.25, -0.2) is 13.1 Å². The Kier molecular flexibility index (Phi) is 5.64. The van der Waals surface area contributed by atoms with Crippen molar-refractivity contribution in [2.45, 2.75) is 37.1 Å². The molecule has 7 nitrogen and oxygen atoms in total. The molecule has 8 heteroatoms. The number of nitrogens with one attached hydrogen (secondary N) is 1. The first-order valence-corrected chi connectivity index (χ1v) is 11.2. The number of methoxy groups -OCH3 is 1. The van der Waals surface area contributed by atoms with Crippen molar-refractivity contribution in [3.05, 3.63) is 60.0 Å². The topological polar surface area (TPSA) is 86.1 Å². The van der Waals surface area contributed by atoms with Gasteiger partial charge in [-0.1, -0.05) is 12.1 Å². The van der Waals surface area contributed by atoms with Gasteiger partial charge in [0.15, 0.2) is 0 Å². The Labute approximate surface area is 170 Å². The molecule has 0 radical (unpaired) electrons. The molecule has 0 bridgehead atoms. The molecular formula is C21H24N4O3S. The second-order valence-corrected chi connectivity index (χ2v) is 8.72. The Morgan fingerprint density at radius 1 is 1.10 bits per heavy atom. The van der Waals surface area contributed by atoms with Crippen LogP contribution in [0.2, 0.25) is 0 Å². The zero-order valence-corrected chi connectivity index (χ0v) is 17.2. The van der Waals surface area contributed by atoms with E-state index in [0.717, 1.165) is 36.9 Å². The Hall–Kier alpha value is -2.71. The molecule has 29 heavy (non-hydrogen) atoms. The summed E-state index contributed by atoms with van der Waals surface area (Å²) < 4.78 is 35.2. The Morgan fingerprint density at radius 2 is 1.86 bits per heavy atom. The van der Waals surface area contributed by atoms with E-state index in [1.165, 1.54) is 18.4 Å². The summed E-state index contributed by atoms with van der Waals surface area (Å²) in [5.41, 5.74) is 4.51. The molecule has 2 aromatic heterocycles. The van der Waals surface area contributed by atoms with Gasteiger partial charge in [0.05, 0.1) is 19.3 Å². The Balaban J connectivity index is 1.54. The molecule has 1 aliphatic rings. The van der Waals surface area contributed by atoms with Crippen LogP contribution in [0.3, 0.4) is 0 Å². The van der Waals surface area contributed by atoms with E-state index >= 15 is 0 Å². The standard InChI is InChI=1S/C21H24N4O3S/c1-28-19-8-4-5-9-20(19)29(26,27)23-14-15-25-18-7-3-2-6-17(18)21(24-25)16-10-12-22-13-11-16/h4-5,8-13,23H,2-3,6-7,14-15H2,1H3. The van der Waals surface area contributed by atoms with Gasteiger partial charge in [-0.3, -0.25) is 9.67 Å². The van der Waals surface area contributed by atoms with E-state index in [4.69, 9.17) is 9.84 Å². The second kappa shape index (κ2) is 8.34. The number of pyridine rings is 1. The third kappa shape index (κ3) is 4.04. The Bertz CT molecular complexity index is 1090. The number of fused-ring (bicyclic) bond motifs is 1. The van der Waals surface area contributed by atoms with Crippen LogP contribution in [0.15, 0.2) is 53.7 Å². The average Bonchev–Trinajstić information content (AvgIpc) is 3.13. The maximum Gasteiger partial charge on any atom is 0.244 e. The first-order chi connectivity index (χ1) is 14.1. The minimum absolute atomic E-state index is 0.141. The van der Waals surface area contributed by atoms with Gasteiger partial charge in [0.2, 0.25) is 10.0 Å². The van der Waals surface area contributed by atoms with E-state index in [2.05, 4.69) is 9.71 Å². The van der Waals surface area contributed by atoms with E-state index in [-0.39, 0.29) is 11.4 Å². The molecule has 0 aliphatic heterocycles. The summed E-state index contributed by atoms with van der Waals surface area (Å²) >= 11 is 0. The molecule has 0 saturated carbocycles. The maximum atomic E-state index is 12.7. The molecule has 152 valence electrons. The van der Waals surface area contributed by atoms with Gasteiger partial charge >= 0.3 is 0 Å². The Morgan fingerprint density at radius 3 is 2.66 bits per heavy atom. The summed E-state index contributed by atoms with van der Waals surface area (Å²) in [5, 5.41) is 4.82. The lowest BCUT2D eigenvalue weighted by Gasteiger charge is -2.15. The number of sulfonamides is 1. The molecule has 0 fully saturated rings. The van der Waals surface area contributed by atoms with Crippen molar-refractivity contribution in [2.75, 3.05) is 13.7 Å². The quantitative estimate of drug-likeness (QED) is 0.645. The van der Waals surface area contributed by atoms with Crippen LogP contribution in [0.5, 0.6) is 5.75 Å². The van der Waals surface area contributed by atoms with Crippen molar-refractivity contribution in [3.63, 3.8) is 0 Å². The van der Waals surface area contributed by atoms with Gasteiger partial charge in [-0.2, -0.15) is 5.10 Å². The van der Waals surface area contributed by atoms with Crippen LogP contribution in [0.4, 0.5) is 0 Å². The monoisotopic (exact) mass is 412 g/mol. The smallest absolute Gasteiger partial charge is 0.244 e. The summed E-state index contributed by atoms with van der Waals surface area (Å²) in [6.07, 6.45) is 7.78. The van der Waals surface area contributed by atoms with Crippen LogP contribution in [0.25, 0.3) is 11.3 Å². The van der Waals surface area contributed by atoms with E-state index in [1.54, 1.807) is 36.7 Å². The molecule has 4 rings (SSSR count). The molecule has 3 aromatic rings. The highest BCUT2D eigenvalue weighted by molar-refractivity contribution is 7.89. The van der Waals surface area contributed by atoms with Crippen LogP contribution in [0, 0.1) is 0 Å². The molecule has 0 spiro atoms. The van der Waals surface area contributed by atoms with Crippen molar-refractivity contribution in [1.29, 1.82) is 0 Å². The number of nitrogens with zero attached hydrogens (tertiary/aromatic N) is 3. The van der Waals surface area contributed by atoms with Crippen LogP contribution < -0.4 is 9.46 Å². The van der Waals surface area contributed by atoms with E-state index in [0.29, 0.717) is 12.3 Å². The number of hydrogen-bond donors (Lipinski definition) is 1. The first-order valence-electron chi connectivity index (χ1n) is 9.72. The van der Waals surface area contributed by atoms with E-state index in [9.17, 15) is 8.42 Å². The van der Waals surface area contributed by atoms with Crippen molar-refractivity contribution in [3.8, 4) is 17.0 Å². The molecule has 0 atom stereocenters. The van der Waals surface area contributed by atoms with Gasteiger partial charge in [-0.15, -0.1) is 0 Å². The largest absolute Gasteiger partial charge is 0.495 e. The van der Waals surface area contributed by atoms with Crippen molar-refractivity contribution in [1.82, 2.24) is 19.5 Å². The van der Waals surface area contributed by atoms with Gasteiger partial charge in [-0.05, 0) is 49.9 Å². The minimum Gasteiger partial charge on any atom is -0.495 e. The summed E-state index contributed by atoms with van der Waals surface area (Å²) in [4.78, 5) is 4.23. The van der Waals surface area contributed by atoms with Crippen molar-refractivity contribution in [2.24, 2.45) is 0 Å². The highest BCUT2D eigenvalue weighted by atomic mass is 32.2. The van der Waals surface area contributed by atoms with Crippen LogP contribution in [0.1, 0.15) is 24.1 Å². The molecule has 0 saturated heterocycles. The van der Waals surface area contributed by atoms with Gasteiger partial charge in [0, 0.05) is 35.8 Å². The number of hydrogen-bond acceptors (Lipinski definition) is 5. The SMILES string of the molecule is COc1ccccc1S(=O)(=O)NCCn1nc(-c2ccncc2)c2c1CCCC2. The fourth-order valence-corrected chi connectivity index (χ4v) is 4.99.